The number of carbonyl (C=O) groups is 1. The summed E-state index contributed by atoms with van der Waals surface area (Å²) in [5, 5.41) is 43.8. The molecule has 2 spiro atoms. The Morgan fingerprint density at radius 2 is 1.78 bits per heavy atom. The Kier molecular flexibility index (Phi) is 17.1. The van der Waals surface area contributed by atoms with Crippen molar-refractivity contribution >= 4 is 17.4 Å². The van der Waals surface area contributed by atoms with E-state index in [1.54, 1.807) is 20.2 Å². The summed E-state index contributed by atoms with van der Waals surface area (Å²) in [6.07, 6.45) is 31.9. The van der Waals surface area contributed by atoms with Crippen molar-refractivity contribution < 1.29 is 39.1 Å². The fraction of sp³-hybridized carbons (Fsp3) is 0.701. The Balaban J connectivity index is 1.09. The molecule has 4 bridgehead atoms. The number of hydrogen-bond acceptors (Lipinski definition) is 10. The van der Waals surface area contributed by atoms with Crippen LogP contribution in [0.4, 0.5) is 5.69 Å². The first-order chi connectivity index (χ1) is 38.5. The first kappa shape index (κ1) is 56.2. The number of allylic oxidation sites excluding steroid dienone is 2. The highest BCUT2D eigenvalue weighted by Gasteiger charge is 2.62. The number of aliphatic hydroxyl groups is 2. The quantitative estimate of drug-likeness (QED) is 0.0836. The highest BCUT2D eigenvalue weighted by atomic mass is 16.6. The van der Waals surface area contributed by atoms with Crippen LogP contribution >= 0.6 is 0 Å². The van der Waals surface area contributed by atoms with Gasteiger partial charge in [-0.1, -0.05) is 88.7 Å². The predicted octanol–water partition coefficient (Wildman–Crippen LogP) is 11.7. The number of guanidine groups is 1. The molecule has 2 aliphatic heterocycles. The van der Waals surface area contributed by atoms with Gasteiger partial charge in [0.15, 0.2) is 29.3 Å². The van der Waals surface area contributed by atoms with E-state index in [1.165, 1.54) is 24.8 Å². The molecule has 7 aliphatic carbocycles. The van der Waals surface area contributed by atoms with Gasteiger partial charge in [0.2, 0.25) is 11.7 Å². The highest BCUT2D eigenvalue weighted by molar-refractivity contribution is 5.97. The van der Waals surface area contributed by atoms with Gasteiger partial charge >= 0.3 is 0 Å². The van der Waals surface area contributed by atoms with Crippen molar-refractivity contribution in [2.45, 2.75) is 197 Å². The minimum atomic E-state index is -0.852. The van der Waals surface area contributed by atoms with E-state index < -0.39 is 17.3 Å². The van der Waals surface area contributed by atoms with Gasteiger partial charge in [0, 0.05) is 55.3 Å². The number of nitrogens with one attached hydrogen (secondary N) is 3. The Bertz CT molecular complexity index is 2690. The summed E-state index contributed by atoms with van der Waals surface area (Å²) in [4.78, 5) is 20.7. The number of ketones is 1. The first-order valence-electron chi connectivity index (χ1n) is 31.2. The minimum Gasteiger partial charge on any atom is -0.504 e. The number of carbonyl (C=O) groups excluding carboxylic acids is 1. The molecule has 2 aromatic carbocycles. The Morgan fingerprint density at radius 3 is 2.57 bits per heavy atom. The molecule has 9 aliphatic rings. The maximum absolute atomic E-state index is 15.9. The average molecular weight is 1080 g/mol. The summed E-state index contributed by atoms with van der Waals surface area (Å²) in [7, 11) is 5.37. The summed E-state index contributed by atoms with van der Waals surface area (Å²) in [6, 6.07) is 13.4. The second-order valence-electron chi connectivity index (χ2n) is 26.2. The van der Waals surface area contributed by atoms with Crippen LogP contribution in [0, 0.1) is 88.1 Å². The fourth-order valence-corrected chi connectivity index (χ4v) is 18.8. The normalized spacial score (nSPS) is 35.6. The number of anilines is 1. The standard InChI is InChI=1S/C67H92N4O8/c1-5-44-21-23-50-51(19-14-33-72)53-20-12-30-67(53)48-38-56(62-59(39-48)79-65(43-68-2)41-46(37-61(75)78-49-17-7-8-18-49)55(42-65)64(31-34-77-62)27-9-6-10-28-64)71-63(69-3)70-32-13-16-47-15-11-29-66(47,60(74)26-24-54(67)52(50)35-44)40-45-22-25-57(73)58(36-45)76-4/h22,24-26,36,38-39,44,46-47,49-55,61,68,72-73,75H,5-12,14-21,23,27-30,33,35,37,40-43H2,1-4H3,(H2,69,70,71). The van der Waals surface area contributed by atoms with Gasteiger partial charge in [-0.3, -0.25) is 15.1 Å². The van der Waals surface area contributed by atoms with Gasteiger partial charge in [-0.25, -0.2) is 0 Å². The third kappa shape index (κ3) is 10.8. The number of aliphatic imine (C=N–C) groups is 1. The van der Waals surface area contributed by atoms with Crippen molar-refractivity contribution in [3.63, 3.8) is 0 Å². The third-order valence-electron chi connectivity index (χ3n) is 22.3. The van der Waals surface area contributed by atoms with Crippen molar-refractivity contribution in [3.8, 4) is 47.0 Å². The summed E-state index contributed by atoms with van der Waals surface area (Å²) in [5.74, 6) is 12.1. The number of rotatable bonds is 13. The van der Waals surface area contributed by atoms with Crippen LogP contribution in [0.25, 0.3) is 0 Å². The number of phenolic OH excluding ortho intramolecular Hbond substituents is 1. The molecule has 12 heteroatoms. The van der Waals surface area contributed by atoms with Crippen LogP contribution in [0.2, 0.25) is 0 Å². The van der Waals surface area contributed by atoms with Gasteiger partial charge in [0.25, 0.3) is 0 Å². The number of nitrogens with zero attached hydrogens (tertiary/aromatic N) is 1. The van der Waals surface area contributed by atoms with Gasteiger partial charge in [-0.05, 0) is 198 Å². The molecule has 0 radical (unpaired) electrons. The van der Waals surface area contributed by atoms with Crippen LogP contribution in [0.3, 0.4) is 0 Å². The maximum atomic E-state index is 15.9. The van der Waals surface area contributed by atoms with E-state index in [0.29, 0.717) is 78.6 Å². The number of aromatic hydroxyl groups is 1. The molecule has 7 fully saturated rings. The van der Waals surface area contributed by atoms with Crippen molar-refractivity contribution in [3.05, 3.63) is 53.6 Å². The Hall–Kier alpha value is -4.72. The number of fused-ring (bicyclic) bond motifs is 10. The van der Waals surface area contributed by atoms with Crippen molar-refractivity contribution in [2.75, 3.05) is 39.7 Å². The van der Waals surface area contributed by atoms with Crippen LogP contribution in [-0.2, 0) is 21.4 Å². The lowest BCUT2D eigenvalue weighted by Crippen LogP contribution is -2.55. The van der Waals surface area contributed by atoms with Crippen molar-refractivity contribution in [1.29, 1.82) is 0 Å². The predicted molar refractivity (Wildman–Crippen MR) is 310 cm³/mol. The molecule has 0 amide bonds. The van der Waals surface area contributed by atoms with E-state index in [9.17, 15) is 15.3 Å². The molecule has 79 heavy (non-hydrogen) atoms. The van der Waals surface area contributed by atoms with E-state index >= 15 is 4.79 Å². The smallest absolute Gasteiger partial charge is 0.207 e. The number of hydrogen-bond donors (Lipinski definition) is 6. The number of methoxy groups -OCH3 is 1. The van der Waals surface area contributed by atoms with Gasteiger partial charge in [0.1, 0.15) is 11.7 Å². The number of benzene rings is 2. The zero-order valence-electron chi connectivity index (χ0n) is 48.0. The molecule has 12 nitrogen and oxygen atoms in total. The van der Waals surface area contributed by atoms with E-state index in [1.807, 2.05) is 25.3 Å². The lowest BCUT2D eigenvalue weighted by atomic mass is 9.45. The zero-order valence-corrected chi connectivity index (χ0v) is 48.0. The molecule has 13 unspecified atom stereocenters. The van der Waals surface area contributed by atoms with Crippen molar-refractivity contribution in [2.24, 2.45) is 69.1 Å². The van der Waals surface area contributed by atoms with Crippen LogP contribution in [0.5, 0.6) is 23.0 Å². The number of ether oxygens (including phenoxy) is 4. The van der Waals surface area contributed by atoms with E-state index in [-0.39, 0.29) is 58.7 Å². The van der Waals surface area contributed by atoms with Gasteiger partial charge in [-0.15, -0.1) is 0 Å². The summed E-state index contributed by atoms with van der Waals surface area (Å²) in [6.45, 7) is 3.14. The zero-order chi connectivity index (χ0) is 54.8. The molecule has 2 heterocycles. The molecule has 11 rings (SSSR count). The molecule has 0 saturated heterocycles. The summed E-state index contributed by atoms with van der Waals surface area (Å²) >= 11 is 0. The lowest BCUT2D eigenvalue weighted by molar-refractivity contribution is -0.147. The van der Waals surface area contributed by atoms with Gasteiger partial charge < -0.3 is 44.9 Å². The molecular weight excluding hydrogens is 989 g/mol. The second-order valence-corrected chi connectivity index (χ2v) is 26.2. The average Bonchev–Trinajstić information content (AvgIpc) is 4.43. The maximum Gasteiger partial charge on any atom is 0.207 e. The summed E-state index contributed by atoms with van der Waals surface area (Å²) < 4.78 is 26.9. The molecule has 428 valence electrons. The molecule has 2 aromatic rings. The van der Waals surface area contributed by atoms with Crippen LogP contribution in [0.1, 0.15) is 179 Å². The van der Waals surface area contributed by atoms with E-state index in [2.05, 4.69) is 65.1 Å². The third-order valence-corrected chi connectivity index (χ3v) is 22.3. The van der Waals surface area contributed by atoms with Crippen molar-refractivity contribution in [1.82, 2.24) is 10.6 Å². The number of phenols is 1. The molecule has 7 saturated carbocycles. The van der Waals surface area contributed by atoms with Crippen LogP contribution in [0.15, 0.2) is 47.5 Å². The Morgan fingerprint density at radius 1 is 0.949 bits per heavy atom. The lowest BCUT2D eigenvalue weighted by Gasteiger charge is -2.59. The topological polar surface area (TPSA) is 163 Å². The van der Waals surface area contributed by atoms with E-state index in [0.717, 1.165) is 140 Å². The number of likely N-dealkylation sites (N-methyl/N-ethyl adjacent to an activating group) is 1. The molecule has 0 aromatic heterocycles. The molecular formula is C67H92N4O8. The monoisotopic (exact) mass is 1080 g/mol. The van der Waals surface area contributed by atoms with Gasteiger partial charge in [-0.2, -0.15) is 0 Å². The molecule has 13 atom stereocenters. The van der Waals surface area contributed by atoms with Gasteiger partial charge in [0.05, 0.1) is 18.9 Å². The SMILES string of the molecule is CCC1CCC2C(C1)C1C=CC(=O)C3(Cc4ccc(O)c(OC)c4)CCCC3CC#CNC(=NC)Nc3cc(cc4c3OC#CC3(CCCCC3)C3CC(CNC)(CC3CC(O)OC3CCCC3)O4)C13CCCC3C2CCCO. The second kappa shape index (κ2) is 24.0. The first-order valence-corrected chi connectivity index (χ1v) is 31.2. The number of aliphatic hydroxyl groups excluding tert-OH is 2. The van der Waals surface area contributed by atoms with Crippen LogP contribution < -0.4 is 30.2 Å². The fourth-order valence-electron chi connectivity index (χ4n) is 18.8. The highest BCUT2D eigenvalue weighted by Crippen LogP contribution is 2.67. The minimum absolute atomic E-state index is 0.00997. The largest absolute Gasteiger partial charge is 0.504 e. The molecule has 6 N–H and O–H groups in total. The van der Waals surface area contributed by atoms with E-state index in [4.69, 9.17) is 23.9 Å². The van der Waals surface area contributed by atoms with Crippen LogP contribution in [-0.4, -0.2) is 79.4 Å². The summed E-state index contributed by atoms with van der Waals surface area (Å²) in [5.41, 5.74) is 0.846. The Labute approximate surface area is 471 Å².